The third-order valence-electron chi connectivity index (χ3n) is 4.68. The van der Waals surface area contributed by atoms with Crippen LogP contribution in [-0.2, 0) is 11.0 Å². The first-order chi connectivity index (χ1) is 11.9. The molecule has 2 fully saturated rings. The first kappa shape index (κ1) is 17.9. The van der Waals surface area contributed by atoms with Gasteiger partial charge < -0.3 is 15.5 Å². The van der Waals surface area contributed by atoms with Crippen LogP contribution in [0.25, 0.3) is 0 Å². The van der Waals surface area contributed by atoms with Crippen LogP contribution in [0.5, 0.6) is 0 Å². The number of nitrogens with zero attached hydrogens (tertiary/aromatic N) is 3. The van der Waals surface area contributed by atoms with Crippen molar-refractivity contribution in [3.05, 3.63) is 18.0 Å². The normalized spacial score (nSPS) is 24.4. The summed E-state index contributed by atoms with van der Waals surface area (Å²) >= 11 is 0. The predicted octanol–water partition coefficient (Wildman–Crippen LogP) is 1.58. The number of rotatable bonds is 4. The van der Waals surface area contributed by atoms with Crippen molar-refractivity contribution in [2.24, 2.45) is 5.92 Å². The highest BCUT2D eigenvalue weighted by Crippen LogP contribution is 2.29. The maximum Gasteiger partial charge on any atom is 0.433 e. The quantitative estimate of drug-likeness (QED) is 0.856. The average Bonchev–Trinajstić information content (AvgIpc) is 3.14. The number of amides is 1. The molecule has 0 spiro atoms. The molecule has 6 nitrogen and oxygen atoms in total. The summed E-state index contributed by atoms with van der Waals surface area (Å²) in [6.07, 6.45) is 0.274. The summed E-state index contributed by atoms with van der Waals surface area (Å²) in [5.74, 6) is 0.283. The molecule has 2 saturated heterocycles. The summed E-state index contributed by atoms with van der Waals surface area (Å²) in [6, 6.07) is 0.756. The SMILES string of the molecule is O=C(NCC1CCCN(c2nccc(C(F)(F)F)n2)C1)C1CCCN1. The van der Waals surface area contributed by atoms with E-state index in [0.717, 1.165) is 44.5 Å². The lowest BCUT2D eigenvalue weighted by molar-refractivity contribution is -0.141. The van der Waals surface area contributed by atoms with Crippen LogP contribution in [0, 0.1) is 5.92 Å². The second kappa shape index (κ2) is 7.55. The minimum atomic E-state index is -4.48. The molecule has 3 heterocycles. The van der Waals surface area contributed by atoms with Gasteiger partial charge in [-0.15, -0.1) is 0 Å². The number of hydrogen-bond donors (Lipinski definition) is 2. The molecular formula is C16H22F3N5O. The molecule has 1 aromatic rings. The van der Waals surface area contributed by atoms with E-state index in [2.05, 4.69) is 20.6 Å². The first-order valence-electron chi connectivity index (χ1n) is 8.60. The Morgan fingerprint density at radius 2 is 2.20 bits per heavy atom. The Labute approximate surface area is 144 Å². The zero-order valence-corrected chi connectivity index (χ0v) is 13.9. The summed E-state index contributed by atoms with van der Waals surface area (Å²) in [5, 5.41) is 6.10. The van der Waals surface area contributed by atoms with E-state index in [1.54, 1.807) is 4.90 Å². The summed E-state index contributed by atoms with van der Waals surface area (Å²) in [4.78, 5) is 21.5. The van der Waals surface area contributed by atoms with Gasteiger partial charge in [-0.1, -0.05) is 0 Å². The third kappa shape index (κ3) is 4.59. The van der Waals surface area contributed by atoms with Crippen molar-refractivity contribution in [2.45, 2.75) is 37.9 Å². The summed E-state index contributed by atoms with van der Waals surface area (Å²) < 4.78 is 38.4. The molecule has 0 aliphatic carbocycles. The summed E-state index contributed by atoms with van der Waals surface area (Å²) in [6.45, 7) is 2.55. The highest BCUT2D eigenvalue weighted by atomic mass is 19.4. The van der Waals surface area contributed by atoms with Gasteiger partial charge in [-0.2, -0.15) is 13.2 Å². The van der Waals surface area contributed by atoms with Crippen molar-refractivity contribution >= 4 is 11.9 Å². The first-order valence-corrected chi connectivity index (χ1v) is 8.60. The molecule has 2 N–H and O–H groups in total. The van der Waals surface area contributed by atoms with Crippen molar-refractivity contribution in [3.8, 4) is 0 Å². The van der Waals surface area contributed by atoms with E-state index < -0.39 is 11.9 Å². The zero-order valence-electron chi connectivity index (χ0n) is 13.9. The monoisotopic (exact) mass is 357 g/mol. The number of carbonyl (C=O) groups is 1. The molecule has 9 heteroatoms. The Bertz CT molecular complexity index is 604. The molecular weight excluding hydrogens is 335 g/mol. The highest BCUT2D eigenvalue weighted by molar-refractivity contribution is 5.81. The van der Waals surface area contributed by atoms with Gasteiger partial charge in [0.05, 0.1) is 6.04 Å². The van der Waals surface area contributed by atoms with Crippen molar-refractivity contribution in [3.63, 3.8) is 0 Å². The Balaban J connectivity index is 1.56. The summed E-state index contributed by atoms with van der Waals surface area (Å²) in [5.41, 5.74) is -0.930. The van der Waals surface area contributed by atoms with Crippen LogP contribution in [0.3, 0.4) is 0 Å². The smallest absolute Gasteiger partial charge is 0.354 e. The molecule has 3 rings (SSSR count). The number of alkyl halides is 3. The molecule has 0 bridgehead atoms. The number of piperidine rings is 1. The number of hydrogen-bond acceptors (Lipinski definition) is 5. The maximum absolute atomic E-state index is 12.8. The lowest BCUT2D eigenvalue weighted by Crippen LogP contribution is -2.45. The molecule has 2 aliphatic heterocycles. The predicted molar refractivity (Wildman–Crippen MR) is 86.0 cm³/mol. The van der Waals surface area contributed by atoms with Gasteiger partial charge in [0, 0.05) is 25.8 Å². The summed E-state index contributed by atoms with van der Waals surface area (Å²) in [7, 11) is 0. The Hall–Kier alpha value is -1.90. The van der Waals surface area contributed by atoms with E-state index >= 15 is 0 Å². The fourth-order valence-corrected chi connectivity index (χ4v) is 3.35. The fourth-order valence-electron chi connectivity index (χ4n) is 3.35. The molecule has 1 aromatic heterocycles. The average molecular weight is 357 g/mol. The van der Waals surface area contributed by atoms with Crippen LogP contribution in [-0.4, -0.2) is 48.1 Å². The van der Waals surface area contributed by atoms with Gasteiger partial charge in [0.15, 0.2) is 0 Å². The molecule has 2 atom stereocenters. The number of aromatic nitrogens is 2. The maximum atomic E-state index is 12.8. The Morgan fingerprint density at radius 3 is 2.92 bits per heavy atom. The molecule has 0 saturated carbocycles. The fraction of sp³-hybridized carbons (Fsp3) is 0.688. The largest absolute Gasteiger partial charge is 0.433 e. The minimum Gasteiger partial charge on any atom is -0.354 e. The van der Waals surface area contributed by atoms with E-state index in [-0.39, 0.29) is 23.8 Å². The van der Waals surface area contributed by atoms with Crippen LogP contribution in [0.1, 0.15) is 31.4 Å². The van der Waals surface area contributed by atoms with Crippen LogP contribution < -0.4 is 15.5 Å². The highest BCUT2D eigenvalue weighted by Gasteiger charge is 2.33. The lowest BCUT2D eigenvalue weighted by atomic mass is 9.98. The van der Waals surface area contributed by atoms with Crippen molar-refractivity contribution in [1.29, 1.82) is 0 Å². The minimum absolute atomic E-state index is 0.00458. The van der Waals surface area contributed by atoms with Crippen LogP contribution in [0.15, 0.2) is 12.3 Å². The van der Waals surface area contributed by atoms with Crippen LogP contribution >= 0.6 is 0 Å². The van der Waals surface area contributed by atoms with Crippen LogP contribution in [0.2, 0.25) is 0 Å². The van der Waals surface area contributed by atoms with Gasteiger partial charge in [-0.25, -0.2) is 9.97 Å². The van der Waals surface area contributed by atoms with Gasteiger partial charge in [-0.3, -0.25) is 4.79 Å². The Kier molecular flexibility index (Phi) is 5.41. The van der Waals surface area contributed by atoms with Crippen LogP contribution in [0.4, 0.5) is 19.1 Å². The number of anilines is 1. The lowest BCUT2D eigenvalue weighted by Gasteiger charge is -2.33. The van der Waals surface area contributed by atoms with Gasteiger partial charge >= 0.3 is 6.18 Å². The van der Waals surface area contributed by atoms with Gasteiger partial charge in [-0.05, 0) is 44.2 Å². The van der Waals surface area contributed by atoms with E-state index in [9.17, 15) is 18.0 Å². The Morgan fingerprint density at radius 1 is 1.36 bits per heavy atom. The number of carbonyl (C=O) groups excluding carboxylic acids is 1. The van der Waals surface area contributed by atoms with E-state index in [4.69, 9.17) is 0 Å². The standard InChI is InChI=1S/C16H22F3N5O/c17-16(18,19)13-5-7-21-15(23-13)24-8-2-3-11(10-24)9-22-14(25)12-4-1-6-20-12/h5,7,11-12,20H,1-4,6,8-10H2,(H,22,25). The number of halogens is 3. The topological polar surface area (TPSA) is 70.2 Å². The molecule has 138 valence electrons. The molecule has 2 aliphatic rings. The second-order valence-corrected chi connectivity index (χ2v) is 6.59. The van der Waals surface area contributed by atoms with Gasteiger partial charge in [0.1, 0.15) is 5.69 Å². The van der Waals surface area contributed by atoms with Gasteiger partial charge in [0.25, 0.3) is 0 Å². The third-order valence-corrected chi connectivity index (χ3v) is 4.68. The van der Waals surface area contributed by atoms with Gasteiger partial charge in [0.2, 0.25) is 11.9 Å². The van der Waals surface area contributed by atoms with Crippen molar-refractivity contribution in [2.75, 3.05) is 31.1 Å². The second-order valence-electron chi connectivity index (χ2n) is 6.59. The molecule has 25 heavy (non-hydrogen) atoms. The molecule has 1 amide bonds. The molecule has 0 aromatic carbocycles. The van der Waals surface area contributed by atoms with E-state index in [1.807, 2.05) is 0 Å². The molecule has 2 unspecified atom stereocenters. The van der Waals surface area contributed by atoms with Crippen molar-refractivity contribution in [1.82, 2.24) is 20.6 Å². The van der Waals surface area contributed by atoms with E-state index in [1.165, 1.54) is 0 Å². The van der Waals surface area contributed by atoms with Crippen molar-refractivity contribution < 1.29 is 18.0 Å². The molecule has 0 radical (unpaired) electrons. The van der Waals surface area contributed by atoms with E-state index in [0.29, 0.717) is 19.6 Å². The number of nitrogens with one attached hydrogen (secondary N) is 2. The zero-order chi connectivity index (χ0) is 17.9.